The van der Waals surface area contributed by atoms with Crippen LogP contribution in [0.4, 0.5) is 0 Å². The van der Waals surface area contributed by atoms with Crippen molar-refractivity contribution in [1.29, 1.82) is 0 Å². The Bertz CT molecular complexity index is 356. The van der Waals surface area contributed by atoms with E-state index in [1.165, 1.54) is 24.8 Å². The van der Waals surface area contributed by atoms with Crippen LogP contribution in [0.15, 0.2) is 24.3 Å². The lowest BCUT2D eigenvalue weighted by atomic mass is 10.0. The minimum Gasteiger partial charge on any atom is -0.497 e. The lowest BCUT2D eigenvalue weighted by Crippen LogP contribution is -2.40. The van der Waals surface area contributed by atoms with E-state index >= 15 is 0 Å². The Kier molecular flexibility index (Phi) is 4.69. The third-order valence-corrected chi connectivity index (χ3v) is 3.80. The fraction of sp³-hybridized carbons (Fsp3) is 0.571. The van der Waals surface area contributed by atoms with Gasteiger partial charge in [-0.1, -0.05) is 18.6 Å². The Morgan fingerprint density at radius 1 is 1.41 bits per heavy atom. The molecule has 1 aromatic rings. The van der Waals surface area contributed by atoms with E-state index in [2.05, 4.69) is 17.0 Å². The molecule has 1 aromatic carbocycles. The van der Waals surface area contributed by atoms with Crippen molar-refractivity contribution in [3.05, 3.63) is 29.8 Å². The molecule has 0 bridgehead atoms. The van der Waals surface area contributed by atoms with Crippen LogP contribution >= 0.6 is 11.6 Å². The van der Waals surface area contributed by atoms with Crippen LogP contribution in [0.1, 0.15) is 24.8 Å². The summed E-state index contributed by atoms with van der Waals surface area (Å²) in [6.07, 6.45) is 3.83. The lowest BCUT2D eigenvalue weighted by molar-refractivity contribution is 0.155. The highest BCUT2D eigenvalue weighted by atomic mass is 35.5. The van der Waals surface area contributed by atoms with Gasteiger partial charge < -0.3 is 4.74 Å². The second kappa shape index (κ2) is 6.27. The maximum Gasteiger partial charge on any atom is 0.119 e. The van der Waals surface area contributed by atoms with Crippen molar-refractivity contribution < 1.29 is 4.74 Å². The third kappa shape index (κ3) is 3.36. The number of alkyl halides is 1. The zero-order valence-corrected chi connectivity index (χ0v) is 11.1. The first-order chi connectivity index (χ1) is 8.33. The molecule has 0 radical (unpaired) electrons. The highest BCUT2D eigenvalue weighted by Crippen LogP contribution is 2.22. The predicted octanol–water partition coefficient (Wildman–Crippen LogP) is 3.29. The molecule has 1 heterocycles. The fourth-order valence-electron chi connectivity index (χ4n) is 2.45. The molecule has 1 unspecified atom stereocenters. The molecular weight excluding hydrogens is 234 g/mol. The number of benzene rings is 1. The van der Waals surface area contributed by atoms with Crippen LogP contribution < -0.4 is 4.74 Å². The number of nitrogens with zero attached hydrogens (tertiary/aromatic N) is 1. The first-order valence-corrected chi connectivity index (χ1v) is 6.80. The summed E-state index contributed by atoms with van der Waals surface area (Å²) in [7, 11) is 1.71. The molecule has 0 aromatic heterocycles. The molecule has 1 aliphatic heterocycles. The molecule has 0 saturated carbocycles. The summed E-state index contributed by atoms with van der Waals surface area (Å²) < 4.78 is 5.25. The number of halogens is 1. The van der Waals surface area contributed by atoms with Gasteiger partial charge in [-0.05, 0) is 37.1 Å². The summed E-state index contributed by atoms with van der Waals surface area (Å²) in [4.78, 5) is 2.49. The van der Waals surface area contributed by atoms with Crippen molar-refractivity contribution >= 4 is 11.6 Å². The summed E-state index contributed by atoms with van der Waals surface area (Å²) in [5.74, 6) is 1.67. The first-order valence-electron chi connectivity index (χ1n) is 6.26. The first kappa shape index (κ1) is 12.7. The highest BCUT2D eigenvalue weighted by Gasteiger charge is 2.21. The lowest BCUT2D eigenvalue weighted by Gasteiger charge is -2.34. The number of likely N-dealkylation sites (tertiary alicyclic amines) is 1. The van der Waals surface area contributed by atoms with Crippen molar-refractivity contribution in [2.24, 2.45) is 0 Å². The smallest absolute Gasteiger partial charge is 0.119 e. The van der Waals surface area contributed by atoms with Gasteiger partial charge in [0.15, 0.2) is 0 Å². The Hall–Kier alpha value is -0.730. The van der Waals surface area contributed by atoms with Crippen molar-refractivity contribution in [2.45, 2.75) is 31.8 Å². The van der Waals surface area contributed by atoms with Crippen LogP contribution in [0.3, 0.4) is 0 Å². The van der Waals surface area contributed by atoms with Gasteiger partial charge in [0.25, 0.3) is 0 Å². The average Bonchev–Trinajstić information content (AvgIpc) is 2.39. The van der Waals surface area contributed by atoms with E-state index < -0.39 is 0 Å². The Morgan fingerprint density at radius 3 is 3.06 bits per heavy atom. The van der Waals surface area contributed by atoms with E-state index in [9.17, 15) is 0 Å². The molecule has 3 heteroatoms. The average molecular weight is 254 g/mol. The molecule has 2 nitrogen and oxygen atoms in total. The van der Waals surface area contributed by atoms with Gasteiger partial charge in [0, 0.05) is 18.5 Å². The van der Waals surface area contributed by atoms with Crippen molar-refractivity contribution in [1.82, 2.24) is 4.90 Å². The van der Waals surface area contributed by atoms with Crippen molar-refractivity contribution in [3.63, 3.8) is 0 Å². The molecule has 2 rings (SSSR count). The third-order valence-electron chi connectivity index (χ3n) is 3.45. The molecule has 1 saturated heterocycles. The van der Waals surface area contributed by atoms with Crippen molar-refractivity contribution in [2.75, 3.05) is 19.5 Å². The van der Waals surface area contributed by atoms with Gasteiger partial charge in [-0.25, -0.2) is 0 Å². The van der Waals surface area contributed by atoms with Crippen LogP contribution in [0.5, 0.6) is 5.75 Å². The van der Waals surface area contributed by atoms with Gasteiger partial charge in [-0.2, -0.15) is 0 Å². The SMILES string of the molecule is COc1cccc(CN2CCCCC2CCl)c1. The summed E-state index contributed by atoms with van der Waals surface area (Å²) >= 11 is 6.03. The van der Waals surface area contributed by atoms with Gasteiger partial charge in [0.1, 0.15) is 5.75 Å². The van der Waals surface area contributed by atoms with Crippen molar-refractivity contribution in [3.8, 4) is 5.75 Å². The second-order valence-electron chi connectivity index (χ2n) is 4.63. The molecule has 17 heavy (non-hydrogen) atoms. The Labute approximate surface area is 109 Å². The normalized spacial score (nSPS) is 21.4. The van der Waals surface area contributed by atoms with Crippen LogP contribution in [-0.4, -0.2) is 30.5 Å². The van der Waals surface area contributed by atoms with Gasteiger partial charge in [0.05, 0.1) is 7.11 Å². The van der Waals surface area contributed by atoms with Gasteiger partial charge in [0.2, 0.25) is 0 Å². The molecular formula is C14H20ClNO. The number of hydrogen-bond donors (Lipinski definition) is 0. The van der Waals surface area contributed by atoms with Crippen LogP contribution in [0.25, 0.3) is 0 Å². The zero-order valence-electron chi connectivity index (χ0n) is 10.4. The molecule has 1 aliphatic rings. The minimum absolute atomic E-state index is 0.539. The number of piperidine rings is 1. The highest BCUT2D eigenvalue weighted by molar-refractivity contribution is 6.18. The van der Waals surface area contributed by atoms with Crippen LogP contribution in [-0.2, 0) is 6.54 Å². The summed E-state index contributed by atoms with van der Waals surface area (Å²) in [5, 5.41) is 0. The number of ether oxygens (including phenoxy) is 1. The molecule has 0 amide bonds. The summed E-state index contributed by atoms with van der Waals surface area (Å²) in [5.41, 5.74) is 1.31. The Balaban J connectivity index is 2.02. The Morgan fingerprint density at radius 2 is 2.29 bits per heavy atom. The number of methoxy groups -OCH3 is 1. The number of rotatable bonds is 4. The van der Waals surface area contributed by atoms with Gasteiger partial charge in [-0.15, -0.1) is 11.6 Å². The van der Waals surface area contributed by atoms with Crippen LogP contribution in [0.2, 0.25) is 0 Å². The zero-order chi connectivity index (χ0) is 12.1. The van der Waals surface area contributed by atoms with E-state index in [4.69, 9.17) is 16.3 Å². The van der Waals surface area contributed by atoms with E-state index in [0.717, 1.165) is 24.7 Å². The van der Waals surface area contributed by atoms with Gasteiger partial charge >= 0.3 is 0 Å². The van der Waals surface area contributed by atoms with E-state index in [-0.39, 0.29) is 0 Å². The standard InChI is InChI=1S/C14H20ClNO/c1-17-14-7-4-5-12(9-14)11-16-8-3-2-6-13(16)10-15/h4-5,7,9,13H,2-3,6,8,10-11H2,1H3. The topological polar surface area (TPSA) is 12.5 Å². The molecule has 94 valence electrons. The monoisotopic (exact) mass is 253 g/mol. The molecule has 0 spiro atoms. The summed E-state index contributed by atoms with van der Waals surface area (Å²) in [6.45, 7) is 2.14. The minimum atomic E-state index is 0.539. The van der Waals surface area contributed by atoms with Crippen LogP contribution in [0, 0.1) is 0 Å². The van der Waals surface area contributed by atoms with Gasteiger partial charge in [-0.3, -0.25) is 4.90 Å². The quantitative estimate of drug-likeness (QED) is 0.764. The predicted molar refractivity (Wildman–Crippen MR) is 71.8 cm³/mol. The van der Waals surface area contributed by atoms with E-state index in [0.29, 0.717) is 6.04 Å². The second-order valence-corrected chi connectivity index (χ2v) is 4.93. The van der Waals surface area contributed by atoms with E-state index in [1.54, 1.807) is 7.11 Å². The maximum absolute atomic E-state index is 6.03. The summed E-state index contributed by atoms with van der Waals surface area (Å²) in [6, 6.07) is 8.84. The van der Waals surface area contributed by atoms with E-state index in [1.807, 2.05) is 12.1 Å². The maximum atomic E-state index is 6.03. The molecule has 0 N–H and O–H groups in total. The molecule has 0 aliphatic carbocycles. The fourth-order valence-corrected chi connectivity index (χ4v) is 2.80. The molecule has 1 atom stereocenters. The largest absolute Gasteiger partial charge is 0.497 e. The molecule has 1 fully saturated rings. The number of hydrogen-bond acceptors (Lipinski definition) is 2.